The normalized spacial score (nSPS) is 15.5. The van der Waals surface area contributed by atoms with Gasteiger partial charge in [0.15, 0.2) is 5.11 Å². The first kappa shape index (κ1) is 21.9. The fourth-order valence-electron chi connectivity index (χ4n) is 3.79. The topological polar surface area (TPSA) is 54.3 Å². The van der Waals surface area contributed by atoms with Crippen LogP contribution in [0.15, 0.2) is 54.1 Å². The number of carbonyl (C=O) groups excluding carboxylic acids is 2. The fraction of sp³-hybridized carbons (Fsp3) is 0.125. The fourth-order valence-corrected chi connectivity index (χ4v) is 4.23. The van der Waals surface area contributed by atoms with Crippen LogP contribution in [0.4, 0.5) is 10.1 Å². The summed E-state index contributed by atoms with van der Waals surface area (Å²) in [7, 11) is 0. The van der Waals surface area contributed by atoms with Crippen molar-refractivity contribution in [3.8, 4) is 5.69 Å². The van der Waals surface area contributed by atoms with Gasteiger partial charge in [0.2, 0.25) is 0 Å². The van der Waals surface area contributed by atoms with Crippen LogP contribution >= 0.6 is 23.8 Å². The third-order valence-corrected chi connectivity index (χ3v) is 6.13. The summed E-state index contributed by atoms with van der Waals surface area (Å²) in [5.41, 5.74) is 4.30. The number of rotatable bonds is 3. The average Bonchev–Trinajstić information content (AvgIpc) is 3.02. The molecular weight excluding hydrogens is 449 g/mol. The summed E-state index contributed by atoms with van der Waals surface area (Å²) < 4.78 is 15.3. The Kier molecular flexibility index (Phi) is 5.71. The summed E-state index contributed by atoms with van der Waals surface area (Å²) in [6.45, 7) is 5.55. The number of benzene rings is 2. The number of nitrogens with zero attached hydrogens (tertiary/aromatic N) is 2. The molecule has 0 radical (unpaired) electrons. The van der Waals surface area contributed by atoms with Crippen molar-refractivity contribution in [2.75, 3.05) is 4.90 Å². The molecule has 32 heavy (non-hydrogen) atoms. The van der Waals surface area contributed by atoms with Gasteiger partial charge in [-0.15, -0.1) is 0 Å². The van der Waals surface area contributed by atoms with E-state index in [1.54, 1.807) is 43.3 Å². The molecule has 2 aromatic carbocycles. The van der Waals surface area contributed by atoms with Gasteiger partial charge >= 0.3 is 0 Å². The molecule has 1 saturated heterocycles. The third-order valence-electron chi connectivity index (χ3n) is 5.44. The summed E-state index contributed by atoms with van der Waals surface area (Å²) in [5.74, 6) is -1.42. The SMILES string of the molecule is Cc1c(Cl)cccc1N1C(=O)/C(=C/c2cc(C)n(-c3ccc(F)cc3)c2C)C(=O)NC1=S. The monoisotopic (exact) mass is 467 g/mol. The highest BCUT2D eigenvalue weighted by atomic mass is 35.5. The van der Waals surface area contributed by atoms with E-state index >= 15 is 0 Å². The van der Waals surface area contributed by atoms with Crippen molar-refractivity contribution in [2.45, 2.75) is 20.8 Å². The van der Waals surface area contributed by atoms with Crippen LogP contribution in [-0.4, -0.2) is 21.5 Å². The number of thiocarbonyl (C=S) groups is 1. The zero-order valence-electron chi connectivity index (χ0n) is 17.6. The quantitative estimate of drug-likeness (QED) is 0.334. The smallest absolute Gasteiger partial charge is 0.270 e. The summed E-state index contributed by atoms with van der Waals surface area (Å²) in [4.78, 5) is 27.3. The number of nitrogens with one attached hydrogen (secondary N) is 1. The number of hydrogen-bond acceptors (Lipinski definition) is 3. The maximum absolute atomic E-state index is 13.3. The standard InChI is InChI=1S/C24H19ClFN3O2S/c1-13-11-16(15(3)28(13)18-9-7-17(26)8-10-18)12-19-22(30)27-24(32)29(23(19)31)21-6-4-5-20(25)14(21)2/h4-12H,1-3H3,(H,27,30,32)/b19-12+. The van der Waals surface area contributed by atoms with Crippen LogP contribution < -0.4 is 10.2 Å². The molecule has 0 aliphatic carbocycles. The first-order valence-corrected chi connectivity index (χ1v) is 10.6. The number of carbonyl (C=O) groups is 2. The van der Waals surface area contributed by atoms with Gasteiger partial charge in [-0.25, -0.2) is 4.39 Å². The maximum Gasteiger partial charge on any atom is 0.270 e. The second kappa shape index (κ2) is 8.33. The molecule has 3 aromatic rings. The molecule has 0 atom stereocenters. The molecule has 162 valence electrons. The minimum atomic E-state index is -0.567. The second-order valence-electron chi connectivity index (χ2n) is 7.48. The molecular formula is C24H19ClFN3O2S. The lowest BCUT2D eigenvalue weighted by molar-refractivity contribution is -0.122. The Balaban J connectivity index is 1.78. The molecule has 0 bridgehead atoms. The lowest BCUT2D eigenvalue weighted by Gasteiger charge is -2.30. The highest BCUT2D eigenvalue weighted by molar-refractivity contribution is 7.80. The lowest BCUT2D eigenvalue weighted by atomic mass is 10.1. The van der Waals surface area contributed by atoms with E-state index in [1.807, 2.05) is 24.5 Å². The zero-order chi connectivity index (χ0) is 23.2. The Morgan fingerprint density at radius 3 is 2.44 bits per heavy atom. The van der Waals surface area contributed by atoms with Crippen molar-refractivity contribution >= 4 is 52.5 Å². The van der Waals surface area contributed by atoms with E-state index in [4.69, 9.17) is 23.8 Å². The summed E-state index contributed by atoms with van der Waals surface area (Å²) in [5, 5.41) is 3.08. The Morgan fingerprint density at radius 2 is 1.75 bits per heavy atom. The number of aryl methyl sites for hydroxylation is 1. The van der Waals surface area contributed by atoms with E-state index in [0.717, 1.165) is 17.1 Å². The van der Waals surface area contributed by atoms with E-state index < -0.39 is 11.8 Å². The summed E-state index contributed by atoms with van der Waals surface area (Å²) in [6.07, 6.45) is 1.55. The van der Waals surface area contributed by atoms with Crippen molar-refractivity contribution in [3.63, 3.8) is 0 Å². The predicted molar refractivity (Wildman–Crippen MR) is 128 cm³/mol. The molecule has 8 heteroatoms. The molecule has 1 fully saturated rings. The van der Waals surface area contributed by atoms with Crippen LogP contribution in [0.2, 0.25) is 5.02 Å². The molecule has 1 aliphatic heterocycles. The Hall–Kier alpha value is -3.29. The van der Waals surface area contributed by atoms with Crippen molar-refractivity contribution in [2.24, 2.45) is 0 Å². The molecule has 2 amide bonds. The molecule has 0 saturated carbocycles. The van der Waals surface area contributed by atoms with Gasteiger partial charge < -0.3 is 4.57 Å². The lowest BCUT2D eigenvalue weighted by Crippen LogP contribution is -2.54. The minimum Gasteiger partial charge on any atom is -0.318 e. The van der Waals surface area contributed by atoms with E-state index in [2.05, 4.69) is 5.32 Å². The molecule has 1 N–H and O–H groups in total. The zero-order valence-corrected chi connectivity index (χ0v) is 19.1. The van der Waals surface area contributed by atoms with Gasteiger partial charge in [0.25, 0.3) is 11.8 Å². The van der Waals surface area contributed by atoms with Gasteiger partial charge in [-0.1, -0.05) is 17.7 Å². The number of hydrogen-bond donors (Lipinski definition) is 1. The van der Waals surface area contributed by atoms with Crippen LogP contribution in [-0.2, 0) is 9.59 Å². The second-order valence-corrected chi connectivity index (χ2v) is 8.27. The Bertz CT molecular complexity index is 1310. The number of aromatic nitrogens is 1. The van der Waals surface area contributed by atoms with Crippen LogP contribution in [0.3, 0.4) is 0 Å². The minimum absolute atomic E-state index is 0.000647. The largest absolute Gasteiger partial charge is 0.318 e. The highest BCUT2D eigenvalue weighted by Gasteiger charge is 2.35. The van der Waals surface area contributed by atoms with Gasteiger partial charge in [0.05, 0.1) is 5.69 Å². The molecule has 4 rings (SSSR count). The number of amides is 2. The Morgan fingerprint density at radius 1 is 1.06 bits per heavy atom. The van der Waals surface area contributed by atoms with E-state index in [-0.39, 0.29) is 16.5 Å². The van der Waals surface area contributed by atoms with Gasteiger partial charge in [-0.2, -0.15) is 0 Å². The van der Waals surface area contributed by atoms with Crippen molar-refractivity contribution in [3.05, 3.63) is 87.5 Å². The molecule has 1 aromatic heterocycles. The molecule has 2 heterocycles. The third kappa shape index (κ3) is 3.74. The Labute approximate surface area is 195 Å². The van der Waals surface area contributed by atoms with E-state index in [9.17, 15) is 14.0 Å². The van der Waals surface area contributed by atoms with Crippen molar-refractivity contribution < 1.29 is 14.0 Å². The molecule has 0 spiro atoms. The van der Waals surface area contributed by atoms with Gasteiger partial charge in [-0.05, 0) is 92.7 Å². The maximum atomic E-state index is 13.3. The molecule has 0 unspecified atom stereocenters. The number of halogens is 2. The first-order valence-electron chi connectivity index (χ1n) is 9.80. The van der Waals surface area contributed by atoms with Crippen LogP contribution in [0.1, 0.15) is 22.5 Å². The first-order chi connectivity index (χ1) is 15.2. The molecule has 1 aliphatic rings. The van der Waals surface area contributed by atoms with E-state index in [0.29, 0.717) is 21.8 Å². The average molecular weight is 468 g/mol. The van der Waals surface area contributed by atoms with Gasteiger partial charge in [-0.3, -0.25) is 19.8 Å². The van der Waals surface area contributed by atoms with E-state index in [1.165, 1.54) is 17.0 Å². The van der Waals surface area contributed by atoms with Gasteiger partial charge in [0, 0.05) is 22.1 Å². The highest BCUT2D eigenvalue weighted by Crippen LogP contribution is 2.30. The summed E-state index contributed by atoms with van der Waals surface area (Å²) >= 11 is 11.5. The van der Waals surface area contributed by atoms with Crippen LogP contribution in [0.5, 0.6) is 0 Å². The predicted octanol–water partition coefficient (Wildman–Crippen LogP) is 5.03. The van der Waals surface area contributed by atoms with Crippen molar-refractivity contribution in [1.82, 2.24) is 9.88 Å². The number of anilines is 1. The van der Waals surface area contributed by atoms with Gasteiger partial charge in [0.1, 0.15) is 11.4 Å². The molecule has 5 nitrogen and oxygen atoms in total. The van der Waals surface area contributed by atoms with Crippen LogP contribution in [0, 0.1) is 26.6 Å². The van der Waals surface area contributed by atoms with Crippen LogP contribution in [0.25, 0.3) is 11.8 Å². The summed E-state index contributed by atoms with van der Waals surface area (Å²) in [6, 6.07) is 13.1. The van der Waals surface area contributed by atoms with Crippen molar-refractivity contribution in [1.29, 1.82) is 0 Å².